The molecular formula is C17H26N2S. The Bertz CT molecular complexity index is 476. The molecule has 2 aliphatic carbocycles. The molecule has 20 heavy (non-hydrogen) atoms. The molecule has 1 saturated carbocycles. The number of rotatable bonds is 2. The van der Waals surface area contributed by atoms with Crippen LogP contribution in [0.1, 0.15) is 68.2 Å². The van der Waals surface area contributed by atoms with Crippen molar-refractivity contribution in [3.05, 3.63) is 16.8 Å². The summed E-state index contributed by atoms with van der Waals surface area (Å²) in [7, 11) is 0. The predicted molar refractivity (Wildman–Crippen MR) is 87.4 cm³/mol. The molecule has 1 heterocycles. The first-order chi connectivity index (χ1) is 9.75. The van der Waals surface area contributed by atoms with Crippen LogP contribution in [0.3, 0.4) is 0 Å². The van der Waals surface area contributed by atoms with E-state index in [1.54, 1.807) is 0 Å². The molecule has 110 valence electrons. The zero-order valence-corrected chi connectivity index (χ0v) is 13.4. The summed E-state index contributed by atoms with van der Waals surface area (Å²) >= 11 is 2.05. The van der Waals surface area contributed by atoms with Gasteiger partial charge in [0.15, 0.2) is 0 Å². The summed E-state index contributed by atoms with van der Waals surface area (Å²) in [6.45, 7) is 2.07. The number of hydrogen-bond donors (Lipinski definition) is 1. The molecule has 1 aromatic heterocycles. The Hall–Kier alpha value is -0.700. The van der Waals surface area contributed by atoms with Gasteiger partial charge in [-0.05, 0) is 56.6 Å². The van der Waals surface area contributed by atoms with Crippen LogP contribution >= 0.6 is 11.8 Å². The van der Waals surface area contributed by atoms with Gasteiger partial charge < -0.3 is 5.73 Å². The second kappa shape index (κ2) is 6.38. The summed E-state index contributed by atoms with van der Waals surface area (Å²) in [5.74, 6) is 0. The molecule has 2 nitrogen and oxygen atoms in total. The van der Waals surface area contributed by atoms with Crippen molar-refractivity contribution in [2.24, 2.45) is 0 Å². The number of nitrogens with zero attached hydrogens (tertiary/aromatic N) is 1. The van der Waals surface area contributed by atoms with Crippen molar-refractivity contribution in [2.75, 3.05) is 5.73 Å². The van der Waals surface area contributed by atoms with E-state index in [1.807, 2.05) is 11.8 Å². The van der Waals surface area contributed by atoms with Crippen LogP contribution in [-0.4, -0.2) is 10.2 Å². The van der Waals surface area contributed by atoms with Gasteiger partial charge in [-0.25, -0.2) is 4.98 Å². The summed E-state index contributed by atoms with van der Waals surface area (Å²) in [6, 6.07) is 0. The minimum Gasteiger partial charge on any atom is -0.397 e. The molecule has 1 fully saturated rings. The Morgan fingerprint density at radius 3 is 2.30 bits per heavy atom. The maximum absolute atomic E-state index is 6.26. The van der Waals surface area contributed by atoms with Crippen LogP contribution in [0.5, 0.6) is 0 Å². The van der Waals surface area contributed by atoms with Gasteiger partial charge in [-0.2, -0.15) is 0 Å². The molecule has 0 unspecified atom stereocenters. The SMILES string of the molecule is Cc1nc(SC2CCCCCC2)c2c(c1N)CCCC2. The highest BCUT2D eigenvalue weighted by molar-refractivity contribution is 7.99. The van der Waals surface area contributed by atoms with Crippen LogP contribution in [0.15, 0.2) is 5.03 Å². The summed E-state index contributed by atoms with van der Waals surface area (Å²) in [5, 5.41) is 2.08. The average Bonchev–Trinajstić information content (AvgIpc) is 2.73. The van der Waals surface area contributed by atoms with E-state index in [-0.39, 0.29) is 0 Å². The van der Waals surface area contributed by atoms with Crippen molar-refractivity contribution < 1.29 is 0 Å². The molecule has 2 aliphatic rings. The Morgan fingerprint density at radius 1 is 0.950 bits per heavy atom. The fourth-order valence-corrected chi connectivity index (χ4v) is 4.99. The van der Waals surface area contributed by atoms with E-state index in [2.05, 4.69) is 6.92 Å². The topological polar surface area (TPSA) is 38.9 Å². The van der Waals surface area contributed by atoms with Gasteiger partial charge in [-0.15, -0.1) is 11.8 Å². The number of pyridine rings is 1. The summed E-state index contributed by atoms with van der Waals surface area (Å²) in [5.41, 5.74) is 11.2. The number of fused-ring (bicyclic) bond motifs is 1. The summed E-state index contributed by atoms with van der Waals surface area (Å²) < 4.78 is 0. The molecule has 3 heteroatoms. The molecule has 0 bridgehead atoms. The van der Waals surface area contributed by atoms with Gasteiger partial charge in [0.05, 0.1) is 11.4 Å². The highest BCUT2D eigenvalue weighted by Gasteiger charge is 2.22. The Balaban J connectivity index is 1.86. The van der Waals surface area contributed by atoms with Crippen molar-refractivity contribution in [2.45, 2.75) is 81.4 Å². The van der Waals surface area contributed by atoms with Gasteiger partial charge in [0, 0.05) is 5.25 Å². The Morgan fingerprint density at radius 2 is 1.60 bits per heavy atom. The lowest BCUT2D eigenvalue weighted by Crippen LogP contribution is -2.13. The summed E-state index contributed by atoms with van der Waals surface area (Å²) in [4.78, 5) is 4.85. The van der Waals surface area contributed by atoms with E-state index in [1.165, 1.54) is 73.9 Å². The average molecular weight is 290 g/mol. The van der Waals surface area contributed by atoms with Crippen molar-refractivity contribution in [1.29, 1.82) is 0 Å². The number of aromatic nitrogens is 1. The fraction of sp³-hybridized carbons (Fsp3) is 0.706. The van der Waals surface area contributed by atoms with Gasteiger partial charge in [-0.1, -0.05) is 25.7 Å². The van der Waals surface area contributed by atoms with E-state index in [0.29, 0.717) is 0 Å². The van der Waals surface area contributed by atoms with Crippen molar-refractivity contribution in [3.8, 4) is 0 Å². The zero-order chi connectivity index (χ0) is 13.9. The van der Waals surface area contributed by atoms with E-state index >= 15 is 0 Å². The van der Waals surface area contributed by atoms with E-state index in [0.717, 1.165) is 23.1 Å². The number of aryl methyl sites for hydroxylation is 1. The smallest absolute Gasteiger partial charge is 0.100 e. The molecule has 0 saturated heterocycles. The molecule has 0 atom stereocenters. The third-order valence-corrected chi connectivity index (χ3v) is 6.16. The second-order valence-electron chi connectivity index (χ2n) is 6.31. The third kappa shape index (κ3) is 2.98. The number of anilines is 1. The Kier molecular flexibility index (Phi) is 4.54. The lowest BCUT2D eigenvalue weighted by Gasteiger charge is -2.23. The fourth-order valence-electron chi connectivity index (χ4n) is 3.55. The number of nitrogen functional groups attached to an aromatic ring is 1. The number of hydrogen-bond acceptors (Lipinski definition) is 3. The molecule has 0 aliphatic heterocycles. The first-order valence-electron chi connectivity index (χ1n) is 8.20. The minimum absolute atomic E-state index is 0.777. The monoisotopic (exact) mass is 290 g/mol. The maximum atomic E-state index is 6.26. The first kappa shape index (κ1) is 14.2. The highest BCUT2D eigenvalue weighted by atomic mass is 32.2. The lowest BCUT2D eigenvalue weighted by molar-refractivity contribution is 0.664. The molecule has 1 aromatic rings. The standard InChI is InChI=1S/C17H26N2S/c1-12-16(18)14-10-6-7-11-15(14)17(19-12)20-13-8-4-2-3-5-9-13/h13H,2-11,18H2,1H3. The van der Waals surface area contributed by atoms with Crippen LogP contribution in [0.4, 0.5) is 5.69 Å². The molecule has 0 spiro atoms. The van der Waals surface area contributed by atoms with Crippen molar-refractivity contribution >= 4 is 17.4 Å². The van der Waals surface area contributed by atoms with Crippen LogP contribution in [0.25, 0.3) is 0 Å². The third-order valence-electron chi connectivity index (χ3n) is 4.79. The number of nitrogens with two attached hydrogens (primary N) is 1. The predicted octanol–water partition coefficient (Wildman–Crippen LogP) is 4.67. The van der Waals surface area contributed by atoms with Gasteiger partial charge >= 0.3 is 0 Å². The van der Waals surface area contributed by atoms with Crippen LogP contribution in [0.2, 0.25) is 0 Å². The molecule has 2 N–H and O–H groups in total. The first-order valence-corrected chi connectivity index (χ1v) is 9.08. The zero-order valence-electron chi connectivity index (χ0n) is 12.6. The van der Waals surface area contributed by atoms with Gasteiger partial charge in [0.1, 0.15) is 5.03 Å². The van der Waals surface area contributed by atoms with Crippen LogP contribution in [0, 0.1) is 6.92 Å². The normalized spacial score (nSPS) is 20.4. The maximum Gasteiger partial charge on any atom is 0.100 e. The minimum atomic E-state index is 0.777. The van der Waals surface area contributed by atoms with Gasteiger partial charge in [-0.3, -0.25) is 0 Å². The molecule has 0 aromatic carbocycles. The molecule has 3 rings (SSSR count). The van der Waals surface area contributed by atoms with Gasteiger partial charge in [0.2, 0.25) is 0 Å². The van der Waals surface area contributed by atoms with Crippen molar-refractivity contribution in [3.63, 3.8) is 0 Å². The van der Waals surface area contributed by atoms with E-state index in [9.17, 15) is 0 Å². The lowest BCUT2D eigenvalue weighted by atomic mass is 9.91. The van der Waals surface area contributed by atoms with Crippen molar-refractivity contribution in [1.82, 2.24) is 4.98 Å². The highest BCUT2D eigenvalue weighted by Crippen LogP contribution is 2.39. The van der Waals surface area contributed by atoms with Crippen LogP contribution in [-0.2, 0) is 12.8 Å². The second-order valence-corrected chi connectivity index (χ2v) is 7.60. The quantitative estimate of drug-likeness (QED) is 0.805. The largest absolute Gasteiger partial charge is 0.397 e. The van der Waals surface area contributed by atoms with E-state index < -0.39 is 0 Å². The van der Waals surface area contributed by atoms with Crippen LogP contribution < -0.4 is 5.73 Å². The Labute approximate surface area is 126 Å². The van der Waals surface area contributed by atoms with E-state index in [4.69, 9.17) is 10.7 Å². The number of thioether (sulfide) groups is 1. The van der Waals surface area contributed by atoms with Gasteiger partial charge in [0.25, 0.3) is 0 Å². The molecule has 0 amide bonds. The summed E-state index contributed by atoms with van der Waals surface area (Å²) in [6.07, 6.45) is 13.3. The molecular weight excluding hydrogens is 264 g/mol. The molecule has 0 radical (unpaired) electrons.